The minimum absolute atomic E-state index is 0.0287. The summed E-state index contributed by atoms with van der Waals surface area (Å²) in [6.45, 7) is 9.37. The maximum Gasteiger partial charge on any atom is 0.251 e. The Hall–Kier alpha value is -1.31. The van der Waals surface area contributed by atoms with Crippen LogP contribution in [-0.4, -0.2) is 12.5 Å². The topological polar surface area (TPSA) is 29.1 Å². The molecule has 0 spiro atoms. The molecule has 1 N–H and O–H groups in total. The van der Waals surface area contributed by atoms with Crippen molar-refractivity contribution in [1.29, 1.82) is 0 Å². The monoisotopic (exact) mass is 233 g/mol. The highest BCUT2D eigenvalue weighted by Gasteiger charge is 2.06. The Balaban J connectivity index is 2.52. The van der Waals surface area contributed by atoms with Crippen molar-refractivity contribution in [3.8, 4) is 0 Å². The average Bonchev–Trinajstić information content (AvgIpc) is 2.28. The van der Waals surface area contributed by atoms with Gasteiger partial charge in [0, 0.05) is 12.1 Å². The number of benzene rings is 1. The van der Waals surface area contributed by atoms with Crippen molar-refractivity contribution in [2.45, 2.75) is 40.0 Å². The van der Waals surface area contributed by atoms with E-state index in [1.807, 2.05) is 24.3 Å². The molecule has 0 heterocycles. The number of amides is 1. The molecule has 2 nitrogen and oxygen atoms in total. The Morgan fingerprint density at radius 2 is 1.71 bits per heavy atom. The first kappa shape index (κ1) is 13.8. The lowest BCUT2D eigenvalue weighted by Gasteiger charge is -2.09. The van der Waals surface area contributed by atoms with Crippen LogP contribution >= 0.6 is 0 Å². The third kappa shape index (κ3) is 4.59. The van der Waals surface area contributed by atoms with E-state index in [1.54, 1.807) is 0 Å². The molecule has 0 atom stereocenters. The van der Waals surface area contributed by atoms with Crippen molar-refractivity contribution in [1.82, 2.24) is 5.32 Å². The van der Waals surface area contributed by atoms with Crippen molar-refractivity contribution >= 4 is 5.91 Å². The van der Waals surface area contributed by atoms with Crippen LogP contribution in [0.15, 0.2) is 24.3 Å². The maximum atomic E-state index is 11.8. The van der Waals surface area contributed by atoms with Gasteiger partial charge in [-0.1, -0.05) is 39.8 Å². The summed E-state index contributed by atoms with van der Waals surface area (Å²) in [7, 11) is 0. The lowest BCUT2D eigenvalue weighted by molar-refractivity contribution is 0.0952. The quantitative estimate of drug-likeness (QED) is 0.827. The zero-order chi connectivity index (χ0) is 12.8. The van der Waals surface area contributed by atoms with Gasteiger partial charge in [0.2, 0.25) is 0 Å². The van der Waals surface area contributed by atoms with Crippen LogP contribution in [0.2, 0.25) is 0 Å². The minimum Gasteiger partial charge on any atom is -0.352 e. The number of carbonyl (C=O) groups excluding carboxylic acids is 1. The van der Waals surface area contributed by atoms with E-state index in [4.69, 9.17) is 0 Å². The molecule has 1 aromatic carbocycles. The molecule has 1 amide bonds. The first-order valence-corrected chi connectivity index (χ1v) is 6.39. The van der Waals surface area contributed by atoms with E-state index in [1.165, 1.54) is 5.56 Å². The summed E-state index contributed by atoms with van der Waals surface area (Å²) in [5.74, 6) is 1.16. The second-order valence-corrected chi connectivity index (χ2v) is 5.22. The summed E-state index contributed by atoms with van der Waals surface area (Å²) < 4.78 is 0. The zero-order valence-electron chi connectivity index (χ0n) is 11.3. The van der Waals surface area contributed by atoms with E-state index in [0.29, 0.717) is 11.8 Å². The molecule has 94 valence electrons. The third-order valence-corrected chi connectivity index (χ3v) is 2.85. The molecule has 0 bridgehead atoms. The van der Waals surface area contributed by atoms with Crippen LogP contribution < -0.4 is 5.32 Å². The lowest BCUT2D eigenvalue weighted by Crippen LogP contribution is -2.25. The second-order valence-electron chi connectivity index (χ2n) is 5.22. The van der Waals surface area contributed by atoms with Crippen LogP contribution in [0.3, 0.4) is 0 Å². The van der Waals surface area contributed by atoms with Gasteiger partial charge in [0.05, 0.1) is 0 Å². The Kier molecular flexibility index (Phi) is 5.20. The molecular weight excluding hydrogens is 210 g/mol. The predicted octanol–water partition coefficient (Wildman–Crippen LogP) is 3.59. The minimum atomic E-state index is 0.0287. The van der Waals surface area contributed by atoms with E-state index < -0.39 is 0 Å². The maximum absolute atomic E-state index is 11.8. The smallest absolute Gasteiger partial charge is 0.251 e. The summed E-state index contributed by atoms with van der Waals surface area (Å²) in [6.07, 6.45) is 1.02. The number of hydrogen-bond donors (Lipinski definition) is 1. The van der Waals surface area contributed by atoms with E-state index in [-0.39, 0.29) is 5.91 Å². The van der Waals surface area contributed by atoms with Crippen LogP contribution in [0, 0.1) is 5.92 Å². The van der Waals surface area contributed by atoms with Crippen molar-refractivity contribution in [2.75, 3.05) is 6.54 Å². The Morgan fingerprint density at radius 3 is 2.18 bits per heavy atom. The molecule has 0 saturated heterocycles. The van der Waals surface area contributed by atoms with Gasteiger partial charge in [-0.05, 0) is 36.0 Å². The summed E-state index contributed by atoms with van der Waals surface area (Å²) in [6, 6.07) is 7.87. The summed E-state index contributed by atoms with van der Waals surface area (Å²) in [5.41, 5.74) is 2.02. The Morgan fingerprint density at radius 1 is 1.12 bits per heavy atom. The third-order valence-electron chi connectivity index (χ3n) is 2.85. The van der Waals surface area contributed by atoms with Gasteiger partial charge in [0.25, 0.3) is 5.91 Å². The molecule has 1 aromatic rings. The fourth-order valence-electron chi connectivity index (χ4n) is 1.60. The van der Waals surface area contributed by atoms with Crippen LogP contribution in [0.1, 0.15) is 56.0 Å². The van der Waals surface area contributed by atoms with E-state index in [9.17, 15) is 4.79 Å². The second kappa shape index (κ2) is 6.43. The van der Waals surface area contributed by atoms with Crippen molar-refractivity contribution in [2.24, 2.45) is 5.92 Å². The predicted molar refractivity (Wildman–Crippen MR) is 72.3 cm³/mol. The van der Waals surface area contributed by atoms with Crippen LogP contribution in [-0.2, 0) is 0 Å². The lowest BCUT2D eigenvalue weighted by atomic mass is 10.0. The van der Waals surface area contributed by atoms with Crippen LogP contribution in [0.4, 0.5) is 0 Å². The normalized spacial score (nSPS) is 10.9. The van der Waals surface area contributed by atoms with Gasteiger partial charge in [-0.2, -0.15) is 0 Å². The number of carbonyl (C=O) groups is 1. The zero-order valence-corrected chi connectivity index (χ0v) is 11.3. The summed E-state index contributed by atoms with van der Waals surface area (Å²) in [4.78, 5) is 11.8. The van der Waals surface area contributed by atoms with Gasteiger partial charge in [-0.15, -0.1) is 0 Å². The Bertz CT molecular complexity index is 352. The van der Waals surface area contributed by atoms with Gasteiger partial charge >= 0.3 is 0 Å². The molecule has 0 unspecified atom stereocenters. The largest absolute Gasteiger partial charge is 0.352 e. The summed E-state index contributed by atoms with van der Waals surface area (Å²) >= 11 is 0. The molecule has 17 heavy (non-hydrogen) atoms. The van der Waals surface area contributed by atoms with Gasteiger partial charge in [-0.3, -0.25) is 4.79 Å². The van der Waals surface area contributed by atoms with E-state index in [2.05, 4.69) is 33.0 Å². The van der Waals surface area contributed by atoms with Crippen molar-refractivity contribution in [3.05, 3.63) is 35.4 Å². The number of rotatable bonds is 5. The Labute approximate surface area is 104 Å². The van der Waals surface area contributed by atoms with Gasteiger partial charge in [-0.25, -0.2) is 0 Å². The van der Waals surface area contributed by atoms with Crippen LogP contribution in [0.25, 0.3) is 0 Å². The SMILES string of the molecule is CC(C)CCNC(=O)c1ccc(C(C)C)cc1. The van der Waals surface area contributed by atoms with Gasteiger partial charge in [0.1, 0.15) is 0 Å². The van der Waals surface area contributed by atoms with E-state index in [0.717, 1.165) is 18.5 Å². The summed E-state index contributed by atoms with van der Waals surface area (Å²) in [5, 5.41) is 2.94. The molecule has 0 radical (unpaired) electrons. The highest BCUT2D eigenvalue weighted by molar-refractivity contribution is 5.94. The van der Waals surface area contributed by atoms with E-state index >= 15 is 0 Å². The fraction of sp³-hybridized carbons (Fsp3) is 0.533. The van der Waals surface area contributed by atoms with Crippen molar-refractivity contribution < 1.29 is 4.79 Å². The molecule has 0 aliphatic rings. The molecule has 0 fully saturated rings. The molecule has 0 saturated carbocycles. The average molecular weight is 233 g/mol. The molecule has 0 aliphatic carbocycles. The van der Waals surface area contributed by atoms with Gasteiger partial charge < -0.3 is 5.32 Å². The highest BCUT2D eigenvalue weighted by Crippen LogP contribution is 2.14. The fourth-order valence-corrected chi connectivity index (χ4v) is 1.60. The molecular formula is C15H23NO. The number of nitrogens with one attached hydrogen (secondary N) is 1. The van der Waals surface area contributed by atoms with Crippen LogP contribution in [0.5, 0.6) is 0 Å². The standard InChI is InChI=1S/C15H23NO/c1-11(2)9-10-16-15(17)14-7-5-13(6-8-14)12(3)4/h5-8,11-12H,9-10H2,1-4H3,(H,16,17). The molecule has 0 aromatic heterocycles. The molecule has 0 aliphatic heterocycles. The number of hydrogen-bond acceptors (Lipinski definition) is 1. The molecule has 1 rings (SSSR count). The van der Waals surface area contributed by atoms with Crippen molar-refractivity contribution in [3.63, 3.8) is 0 Å². The molecule has 2 heteroatoms. The van der Waals surface area contributed by atoms with Gasteiger partial charge in [0.15, 0.2) is 0 Å². The highest BCUT2D eigenvalue weighted by atomic mass is 16.1. The first-order chi connectivity index (χ1) is 8.00. The first-order valence-electron chi connectivity index (χ1n) is 6.39.